The predicted octanol–water partition coefficient (Wildman–Crippen LogP) is 1.40. The third-order valence-corrected chi connectivity index (χ3v) is 3.67. The van der Waals surface area contributed by atoms with E-state index in [-0.39, 0.29) is 13.2 Å². The summed E-state index contributed by atoms with van der Waals surface area (Å²) in [4.78, 5) is 35.4. The van der Waals surface area contributed by atoms with Crippen molar-refractivity contribution in [1.29, 1.82) is 0 Å². The van der Waals surface area contributed by atoms with Crippen LogP contribution in [0.5, 0.6) is 11.5 Å². The van der Waals surface area contributed by atoms with E-state index in [2.05, 4.69) is 10.6 Å². The van der Waals surface area contributed by atoms with Gasteiger partial charge in [-0.05, 0) is 17.7 Å². The van der Waals surface area contributed by atoms with Gasteiger partial charge in [0.15, 0.2) is 18.1 Å². The Hall–Kier alpha value is -3.55. The number of imide groups is 1. The van der Waals surface area contributed by atoms with Crippen molar-refractivity contribution in [1.82, 2.24) is 10.6 Å². The largest absolute Gasteiger partial charge is 0.485 e. The first-order valence-electron chi connectivity index (χ1n) is 8.28. The molecule has 0 unspecified atom stereocenters. The van der Waals surface area contributed by atoms with Crippen molar-refractivity contribution >= 4 is 17.9 Å². The molecule has 2 aromatic rings. The van der Waals surface area contributed by atoms with Crippen LogP contribution in [0.2, 0.25) is 0 Å². The lowest BCUT2D eigenvalue weighted by Gasteiger charge is -2.24. The van der Waals surface area contributed by atoms with Gasteiger partial charge in [-0.25, -0.2) is 9.59 Å². The number of para-hydroxylation sites is 2. The summed E-state index contributed by atoms with van der Waals surface area (Å²) >= 11 is 0. The van der Waals surface area contributed by atoms with Crippen LogP contribution in [0.15, 0.2) is 54.6 Å². The Kier molecular flexibility index (Phi) is 5.88. The molecule has 0 bridgehead atoms. The lowest BCUT2D eigenvalue weighted by atomic mass is 10.2. The Morgan fingerprint density at radius 2 is 1.70 bits per heavy atom. The van der Waals surface area contributed by atoms with Crippen LogP contribution >= 0.6 is 0 Å². The van der Waals surface area contributed by atoms with Gasteiger partial charge in [0.2, 0.25) is 6.10 Å². The highest BCUT2D eigenvalue weighted by Gasteiger charge is 2.29. The van der Waals surface area contributed by atoms with Crippen LogP contribution in [-0.4, -0.2) is 37.2 Å². The van der Waals surface area contributed by atoms with Gasteiger partial charge in [-0.15, -0.1) is 0 Å². The van der Waals surface area contributed by atoms with Crippen molar-refractivity contribution < 1.29 is 28.6 Å². The molecule has 0 aromatic heterocycles. The maximum absolute atomic E-state index is 12.0. The van der Waals surface area contributed by atoms with Crippen LogP contribution in [0.1, 0.15) is 5.56 Å². The Morgan fingerprint density at radius 1 is 1.00 bits per heavy atom. The molecule has 27 heavy (non-hydrogen) atoms. The van der Waals surface area contributed by atoms with Gasteiger partial charge in [0, 0.05) is 6.54 Å². The fraction of sp³-hybridized carbons (Fsp3) is 0.211. The van der Waals surface area contributed by atoms with Crippen molar-refractivity contribution in [3.05, 3.63) is 60.2 Å². The highest BCUT2D eigenvalue weighted by atomic mass is 16.6. The standard InChI is InChI=1S/C19H18N2O6/c22-17(21-19(24)20-10-13-6-2-1-3-7-13)12-26-18(23)16-11-25-14-8-4-5-9-15(14)27-16/h1-9,16H,10-12H2,(H2,20,21,22,24)/t16-/m1/s1. The number of fused-ring (bicyclic) bond motifs is 1. The van der Waals surface area contributed by atoms with E-state index in [1.165, 1.54) is 0 Å². The molecule has 8 heteroatoms. The zero-order valence-corrected chi connectivity index (χ0v) is 14.3. The van der Waals surface area contributed by atoms with Gasteiger partial charge in [-0.3, -0.25) is 10.1 Å². The minimum Gasteiger partial charge on any atom is -0.485 e. The van der Waals surface area contributed by atoms with Crippen molar-refractivity contribution in [3.63, 3.8) is 0 Å². The van der Waals surface area contributed by atoms with Crippen molar-refractivity contribution in [2.45, 2.75) is 12.6 Å². The van der Waals surface area contributed by atoms with Crippen LogP contribution in [0.4, 0.5) is 4.79 Å². The number of urea groups is 1. The summed E-state index contributed by atoms with van der Waals surface area (Å²) in [5, 5.41) is 4.62. The molecule has 3 amide bonds. The summed E-state index contributed by atoms with van der Waals surface area (Å²) in [6, 6.07) is 15.5. The Labute approximate surface area is 155 Å². The lowest BCUT2D eigenvalue weighted by molar-refractivity contribution is -0.157. The number of hydrogen-bond acceptors (Lipinski definition) is 6. The zero-order chi connectivity index (χ0) is 19.1. The highest BCUT2D eigenvalue weighted by molar-refractivity contribution is 5.95. The Bertz CT molecular complexity index is 824. The average molecular weight is 370 g/mol. The number of hydrogen-bond donors (Lipinski definition) is 2. The van der Waals surface area contributed by atoms with Gasteiger partial charge in [0.25, 0.3) is 5.91 Å². The smallest absolute Gasteiger partial charge is 0.351 e. The molecule has 140 valence electrons. The number of esters is 1. The third kappa shape index (κ3) is 5.21. The van der Waals surface area contributed by atoms with Gasteiger partial charge >= 0.3 is 12.0 Å². The number of carbonyl (C=O) groups excluding carboxylic acids is 3. The molecule has 1 atom stereocenters. The fourth-order valence-electron chi connectivity index (χ4n) is 2.35. The lowest BCUT2D eigenvalue weighted by Crippen LogP contribution is -2.43. The Balaban J connectivity index is 1.38. The first-order valence-corrected chi connectivity index (χ1v) is 8.28. The van der Waals surface area contributed by atoms with E-state index < -0.39 is 30.6 Å². The first kappa shape index (κ1) is 18.2. The number of carbonyl (C=O) groups is 3. The van der Waals surface area contributed by atoms with Crippen molar-refractivity contribution in [3.8, 4) is 11.5 Å². The monoisotopic (exact) mass is 370 g/mol. The second kappa shape index (κ2) is 8.70. The Morgan fingerprint density at radius 3 is 2.48 bits per heavy atom. The van der Waals surface area contributed by atoms with Crippen LogP contribution in [0.3, 0.4) is 0 Å². The van der Waals surface area contributed by atoms with Crippen molar-refractivity contribution in [2.24, 2.45) is 0 Å². The fourth-order valence-corrected chi connectivity index (χ4v) is 2.35. The molecule has 0 radical (unpaired) electrons. The van der Waals surface area contributed by atoms with Crippen LogP contribution in [0, 0.1) is 0 Å². The molecular weight excluding hydrogens is 352 g/mol. The van der Waals surface area contributed by atoms with E-state index in [1.54, 1.807) is 24.3 Å². The zero-order valence-electron chi connectivity index (χ0n) is 14.3. The number of ether oxygens (including phenoxy) is 3. The second-order valence-electron chi connectivity index (χ2n) is 5.69. The first-order chi connectivity index (χ1) is 13.1. The quantitative estimate of drug-likeness (QED) is 0.771. The highest BCUT2D eigenvalue weighted by Crippen LogP contribution is 2.31. The minimum absolute atomic E-state index is 0.0188. The summed E-state index contributed by atoms with van der Waals surface area (Å²) in [6.45, 7) is -0.347. The van der Waals surface area contributed by atoms with E-state index in [0.29, 0.717) is 11.5 Å². The van der Waals surface area contributed by atoms with E-state index >= 15 is 0 Å². The van der Waals surface area contributed by atoms with Crippen LogP contribution in [0.25, 0.3) is 0 Å². The molecular formula is C19H18N2O6. The van der Waals surface area contributed by atoms with E-state index in [4.69, 9.17) is 14.2 Å². The molecule has 0 saturated heterocycles. The average Bonchev–Trinajstić information content (AvgIpc) is 2.71. The summed E-state index contributed by atoms with van der Waals surface area (Å²) in [5.74, 6) is -0.528. The molecule has 0 spiro atoms. The molecule has 8 nitrogen and oxygen atoms in total. The number of rotatable bonds is 5. The molecule has 2 aromatic carbocycles. The van der Waals surface area contributed by atoms with Gasteiger partial charge in [0.1, 0.15) is 6.61 Å². The number of benzene rings is 2. The van der Waals surface area contributed by atoms with Gasteiger partial charge < -0.3 is 19.5 Å². The number of nitrogens with one attached hydrogen (secondary N) is 2. The molecule has 1 aliphatic heterocycles. The van der Waals surface area contributed by atoms with Crippen LogP contribution < -0.4 is 20.1 Å². The predicted molar refractivity (Wildman–Crippen MR) is 94.1 cm³/mol. The van der Waals surface area contributed by atoms with E-state index in [0.717, 1.165) is 5.56 Å². The SMILES string of the molecule is O=C(COC(=O)[C@H]1COc2ccccc2O1)NC(=O)NCc1ccccc1. The maximum atomic E-state index is 12.0. The molecule has 1 aliphatic rings. The summed E-state index contributed by atoms with van der Waals surface area (Å²) in [7, 11) is 0. The topological polar surface area (TPSA) is 103 Å². The molecule has 0 fully saturated rings. The molecule has 0 saturated carbocycles. The van der Waals surface area contributed by atoms with E-state index in [9.17, 15) is 14.4 Å². The summed E-state index contributed by atoms with van der Waals surface area (Å²) in [6.07, 6.45) is -0.973. The normalized spacial score (nSPS) is 14.7. The van der Waals surface area contributed by atoms with Gasteiger partial charge in [-0.1, -0.05) is 42.5 Å². The van der Waals surface area contributed by atoms with Crippen LogP contribution in [-0.2, 0) is 20.9 Å². The molecule has 2 N–H and O–H groups in total. The van der Waals surface area contributed by atoms with Gasteiger partial charge in [-0.2, -0.15) is 0 Å². The number of amides is 3. The molecule has 1 heterocycles. The summed E-state index contributed by atoms with van der Waals surface area (Å²) in [5.41, 5.74) is 0.890. The van der Waals surface area contributed by atoms with Gasteiger partial charge in [0.05, 0.1) is 0 Å². The molecule has 0 aliphatic carbocycles. The maximum Gasteiger partial charge on any atom is 0.351 e. The molecule has 3 rings (SSSR count). The summed E-state index contributed by atoms with van der Waals surface area (Å²) < 4.78 is 15.8. The third-order valence-electron chi connectivity index (χ3n) is 3.67. The minimum atomic E-state index is -0.973. The van der Waals surface area contributed by atoms with E-state index in [1.807, 2.05) is 30.3 Å². The van der Waals surface area contributed by atoms with Crippen molar-refractivity contribution in [2.75, 3.05) is 13.2 Å². The second-order valence-corrected chi connectivity index (χ2v) is 5.69.